The monoisotopic (exact) mass is 264 g/mol. The van der Waals surface area contributed by atoms with Gasteiger partial charge >= 0.3 is 0 Å². The Hall–Kier alpha value is -0.160. The van der Waals surface area contributed by atoms with Crippen LogP contribution in [0.5, 0.6) is 0 Å². The maximum Gasteiger partial charge on any atom is 0.0742 e. The third-order valence-corrected chi connectivity index (χ3v) is 2.51. The van der Waals surface area contributed by atoms with Crippen LogP contribution in [0.1, 0.15) is 18.7 Å². The van der Waals surface area contributed by atoms with E-state index in [1.807, 2.05) is 0 Å². The Balaban J connectivity index is 3.01. The highest BCUT2D eigenvalue weighted by molar-refractivity contribution is 9.10. The van der Waals surface area contributed by atoms with E-state index in [2.05, 4.69) is 20.9 Å². The van der Waals surface area contributed by atoms with Crippen molar-refractivity contribution < 1.29 is 5.11 Å². The highest BCUT2D eigenvalue weighted by atomic mass is 79.9. The Morgan fingerprint density at radius 2 is 2.31 bits per heavy atom. The quantitative estimate of drug-likeness (QED) is 0.858. The van der Waals surface area contributed by atoms with E-state index in [4.69, 9.17) is 17.3 Å². The van der Waals surface area contributed by atoms with Gasteiger partial charge in [0, 0.05) is 10.7 Å². The van der Waals surface area contributed by atoms with Gasteiger partial charge in [-0.25, -0.2) is 0 Å². The second-order valence-electron chi connectivity index (χ2n) is 2.79. The van der Waals surface area contributed by atoms with Crippen LogP contribution in [0.4, 0.5) is 0 Å². The largest absolute Gasteiger partial charge is 0.391 e. The fourth-order valence-electron chi connectivity index (χ4n) is 0.899. The van der Waals surface area contributed by atoms with Gasteiger partial charge in [-0.1, -0.05) is 11.6 Å². The van der Waals surface area contributed by atoms with Gasteiger partial charge in [0.15, 0.2) is 0 Å². The van der Waals surface area contributed by atoms with E-state index in [1.54, 1.807) is 13.0 Å². The van der Waals surface area contributed by atoms with E-state index in [1.165, 1.54) is 6.20 Å². The van der Waals surface area contributed by atoms with E-state index >= 15 is 0 Å². The molecule has 0 fully saturated rings. The molecule has 0 spiro atoms. The zero-order valence-corrected chi connectivity index (χ0v) is 9.38. The SMILES string of the molecule is C[C@H](O)[C@H](N)c1ncc(Cl)cc1Br. The third-order valence-electron chi connectivity index (χ3n) is 1.67. The lowest BCUT2D eigenvalue weighted by Crippen LogP contribution is -2.24. The fourth-order valence-corrected chi connectivity index (χ4v) is 1.80. The molecule has 1 aromatic heterocycles. The first kappa shape index (κ1) is 10.9. The average molecular weight is 266 g/mol. The first-order chi connectivity index (χ1) is 6.02. The Morgan fingerprint density at radius 3 is 2.77 bits per heavy atom. The van der Waals surface area contributed by atoms with Crippen molar-refractivity contribution in [2.24, 2.45) is 5.73 Å². The van der Waals surface area contributed by atoms with Crippen LogP contribution < -0.4 is 5.73 Å². The average Bonchev–Trinajstić information content (AvgIpc) is 2.03. The van der Waals surface area contributed by atoms with E-state index in [0.717, 1.165) is 0 Å². The van der Waals surface area contributed by atoms with Crippen molar-refractivity contribution in [3.05, 3.63) is 27.5 Å². The van der Waals surface area contributed by atoms with Crippen LogP contribution in [-0.2, 0) is 0 Å². The van der Waals surface area contributed by atoms with Gasteiger partial charge in [0.1, 0.15) is 0 Å². The molecule has 3 N–H and O–H groups in total. The maximum absolute atomic E-state index is 9.25. The van der Waals surface area contributed by atoms with Crippen molar-refractivity contribution in [3.63, 3.8) is 0 Å². The van der Waals surface area contributed by atoms with Crippen molar-refractivity contribution in [1.29, 1.82) is 0 Å². The number of halogens is 2. The number of nitrogens with two attached hydrogens (primary N) is 1. The minimum atomic E-state index is -0.634. The molecular weight excluding hydrogens is 255 g/mol. The van der Waals surface area contributed by atoms with E-state index in [9.17, 15) is 5.11 Å². The Kier molecular flexibility index (Phi) is 3.67. The molecule has 13 heavy (non-hydrogen) atoms. The van der Waals surface area contributed by atoms with Gasteiger partial charge in [0.05, 0.1) is 22.9 Å². The normalized spacial score (nSPS) is 15.5. The zero-order chi connectivity index (χ0) is 10.0. The molecule has 2 atom stereocenters. The predicted molar refractivity (Wildman–Crippen MR) is 55.6 cm³/mol. The van der Waals surface area contributed by atoms with Crippen molar-refractivity contribution in [1.82, 2.24) is 4.98 Å². The molecule has 0 bridgehead atoms. The standard InChI is InChI=1S/C8H10BrClN2O/c1-4(13)7(11)8-6(9)2-5(10)3-12-8/h2-4,7,13H,11H2,1H3/t4-,7-/m0/s1. The van der Waals surface area contributed by atoms with Crippen molar-refractivity contribution in [3.8, 4) is 0 Å². The summed E-state index contributed by atoms with van der Waals surface area (Å²) in [6.45, 7) is 1.62. The molecule has 0 aliphatic rings. The highest BCUT2D eigenvalue weighted by Gasteiger charge is 2.16. The molecule has 0 amide bonds. The van der Waals surface area contributed by atoms with Crippen molar-refractivity contribution >= 4 is 27.5 Å². The molecule has 72 valence electrons. The molecule has 0 radical (unpaired) electrons. The molecule has 3 nitrogen and oxygen atoms in total. The van der Waals surface area contributed by atoms with Crippen LogP contribution in [-0.4, -0.2) is 16.2 Å². The summed E-state index contributed by atoms with van der Waals surface area (Å²) in [7, 11) is 0. The summed E-state index contributed by atoms with van der Waals surface area (Å²) in [5.41, 5.74) is 6.31. The number of hydrogen-bond donors (Lipinski definition) is 2. The Morgan fingerprint density at radius 1 is 1.69 bits per heavy atom. The first-order valence-electron chi connectivity index (χ1n) is 3.77. The number of nitrogens with zero attached hydrogens (tertiary/aromatic N) is 1. The molecule has 0 saturated carbocycles. The summed E-state index contributed by atoms with van der Waals surface area (Å²) in [6, 6.07) is 1.21. The summed E-state index contributed by atoms with van der Waals surface area (Å²) >= 11 is 8.98. The van der Waals surface area contributed by atoms with E-state index in [0.29, 0.717) is 15.2 Å². The van der Waals surface area contributed by atoms with Gasteiger partial charge < -0.3 is 10.8 Å². The zero-order valence-electron chi connectivity index (χ0n) is 7.04. The van der Waals surface area contributed by atoms with E-state index in [-0.39, 0.29) is 0 Å². The number of aliphatic hydroxyl groups excluding tert-OH is 1. The summed E-state index contributed by atoms with van der Waals surface area (Å²) in [5, 5.41) is 9.78. The number of pyridine rings is 1. The van der Waals surface area contributed by atoms with E-state index < -0.39 is 12.1 Å². The lowest BCUT2D eigenvalue weighted by atomic mass is 10.1. The first-order valence-corrected chi connectivity index (χ1v) is 4.94. The molecule has 1 aromatic rings. The van der Waals surface area contributed by atoms with Gasteiger partial charge in [-0.15, -0.1) is 0 Å². The van der Waals surface area contributed by atoms with Crippen LogP contribution in [0, 0.1) is 0 Å². The summed E-state index contributed by atoms with van der Waals surface area (Å²) in [4.78, 5) is 4.04. The molecule has 0 aliphatic heterocycles. The molecule has 0 saturated heterocycles. The van der Waals surface area contributed by atoms with Crippen LogP contribution in [0.15, 0.2) is 16.7 Å². The van der Waals surface area contributed by atoms with Gasteiger partial charge in [-0.05, 0) is 28.9 Å². The van der Waals surface area contributed by atoms with Gasteiger partial charge in [0.25, 0.3) is 0 Å². The Bertz CT molecular complexity index is 306. The number of aliphatic hydroxyl groups is 1. The Labute approximate surface area is 90.1 Å². The van der Waals surface area contributed by atoms with Gasteiger partial charge in [-0.3, -0.25) is 4.98 Å². The van der Waals surface area contributed by atoms with Gasteiger partial charge in [0.2, 0.25) is 0 Å². The second-order valence-corrected chi connectivity index (χ2v) is 4.08. The number of hydrogen-bond acceptors (Lipinski definition) is 3. The topological polar surface area (TPSA) is 59.1 Å². The smallest absolute Gasteiger partial charge is 0.0742 e. The van der Waals surface area contributed by atoms with Gasteiger partial charge in [-0.2, -0.15) is 0 Å². The molecular formula is C8H10BrClN2O. The molecule has 1 heterocycles. The molecule has 0 aliphatic carbocycles. The second kappa shape index (κ2) is 4.37. The van der Waals surface area contributed by atoms with Crippen LogP contribution >= 0.6 is 27.5 Å². The molecule has 0 unspecified atom stereocenters. The number of rotatable bonds is 2. The highest BCUT2D eigenvalue weighted by Crippen LogP contribution is 2.24. The van der Waals surface area contributed by atoms with Crippen LogP contribution in [0.3, 0.4) is 0 Å². The van der Waals surface area contributed by atoms with Crippen LogP contribution in [0.2, 0.25) is 5.02 Å². The minimum Gasteiger partial charge on any atom is -0.391 e. The predicted octanol–water partition coefficient (Wildman–Crippen LogP) is 1.88. The fraction of sp³-hybridized carbons (Fsp3) is 0.375. The lowest BCUT2D eigenvalue weighted by Gasteiger charge is -2.15. The van der Waals surface area contributed by atoms with Crippen molar-refractivity contribution in [2.45, 2.75) is 19.1 Å². The summed E-state index contributed by atoms with van der Waals surface area (Å²) in [6.07, 6.45) is 0.870. The third kappa shape index (κ3) is 2.64. The molecule has 1 rings (SSSR count). The summed E-state index contributed by atoms with van der Waals surface area (Å²) in [5.74, 6) is 0. The maximum atomic E-state index is 9.25. The summed E-state index contributed by atoms with van der Waals surface area (Å²) < 4.78 is 0.716. The lowest BCUT2D eigenvalue weighted by molar-refractivity contribution is 0.162. The van der Waals surface area contributed by atoms with Crippen LogP contribution in [0.25, 0.3) is 0 Å². The molecule has 0 aromatic carbocycles. The molecule has 5 heteroatoms. The van der Waals surface area contributed by atoms with Crippen molar-refractivity contribution in [2.75, 3.05) is 0 Å². The minimum absolute atomic E-state index is 0.494. The number of aromatic nitrogens is 1.